The average molecular weight is 287 g/mol. The number of alkyl halides is 1. The molecule has 0 saturated carbocycles. The molecule has 2 nitrogen and oxygen atoms in total. The van der Waals surface area contributed by atoms with Crippen molar-refractivity contribution in [1.82, 2.24) is 4.90 Å². The second-order valence-corrected chi connectivity index (χ2v) is 5.80. The topological polar surface area (TPSA) is 6.48 Å². The molecule has 0 aromatic heterocycles. The summed E-state index contributed by atoms with van der Waals surface area (Å²) in [6.45, 7) is 2.18. The highest BCUT2D eigenvalue weighted by atomic mass is 35.5. The fourth-order valence-corrected chi connectivity index (χ4v) is 3.30. The van der Waals surface area contributed by atoms with Crippen molar-refractivity contribution in [1.29, 1.82) is 0 Å². The summed E-state index contributed by atoms with van der Waals surface area (Å²) >= 11 is 12.3. The molecule has 1 aliphatic rings. The first-order valence-corrected chi connectivity index (χ1v) is 7.29. The number of halogens is 2. The lowest BCUT2D eigenvalue weighted by Gasteiger charge is -2.30. The van der Waals surface area contributed by atoms with Crippen LogP contribution in [-0.2, 0) is 5.88 Å². The summed E-state index contributed by atoms with van der Waals surface area (Å²) in [5.41, 5.74) is 2.27. The highest BCUT2D eigenvalue weighted by molar-refractivity contribution is 6.32. The Hall–Kier alpha value is -0.440. The van der Waals surface area contributed by atoms with E-state index < -0.39 is 0 Å². The first kappa shape index (κ1) is 14.0. The molecule has 100 valence electrons. The maximum Gasteiger partial charge on any atom is 0.0509 e. The third kappa shape index (κ3) is 2.93. The standard InChI is InChI=1S/C14H20Cl2N2/c1-17(2)10-11-5-4-8-18(11)14-7-3-6-13(16)12(14)9-15/h3,6-7,11H,4-5,8-10H2,1-2H3. The second kappa shape index (κ2) is 6.14. The Morgan fingerprint density at radius 3 is 2.83 bits per heavy atom. The maximum atomic E-state index is 6.24. The number of rotatable bonds is 4. The van der Waals surface area contributed by atoms with Gasteiger partial charge in [0.15, 0.2) is 0 Å². The van der Waals surface area contributed by atoms with E-state index in [2.05, 4.69) is 30.0 Å². The molecule has 0 spiro atoms. The van der Waals surface area contributed by atoms with Crippen LogP contribution in [0, 0.1) is 0 Å². The monoisotopic (exact) mass is 286 g/mol. The lowest BCUT2D eigenvalue weighted by molar-refractivity contribution is 0.372. The molecular weight excluding hydrogens is 267 g/mol. The molecule has 1 aromatic carbocycles. The Morgan fingerprint density at radius 1 is 1.39 bits per heavy atom. The van der Waals surface area contributed by atoms with Gasteiger partial charge in [-0.05, 0) is 39.1 Å². The second-order valence-electron chi connectivity index (χ2n) is 5.12. The van der Waals surface area contributed by atoms with Crippen LogP contribution in [0.1, 0.15) is 18.4 Å². The molecule has 1 saturated heterocycles. The summed E-state index contributed by atoms with van der Waals surface area (Å²) < 4.78 is 0. The average Bonchev–Trinajstić information content (AvgIpc) is 2.75. The number of hydrogen-bond acceptors (Lipinski definition) is 2. The van der Waals surface area contributed by atoms with Gasteiger partial charge in [0.25, 0.3) is 0 Å². The van der Waals surface area contributed by atoms with Gasteiger partial charge in [0.2, 0.25) is 0 Å². The third-order valence-corrected chi connectivity index (χ3v) is 4.11. The van der Waals surface area contributed by atoms with Crippen LogP contribution in [0.4, 0.5) is 5.69 Å². The van der Waals surface area contributed by atoms with Crippen molar-refractivity contribution < 1.29 is 0 Å². The van der Waals surface area contributed by atoms with E-state index in [0.29, 0.717) is 11.9 Å². The molecule has 1 heterocycles. The molecule has 4 heteroatoms. The van der Waals surface area contributed by atoms with E-state index in [4.69, 9.17) is 23.2 Å². The minimum Gasteiger partial charge on any atom is -0.367 e. The third-order valence-electron chi connectivity index (χ3n) is 3.49. The van der Waals surface area contributed by atoms with Gasteiger partial charge in [0.1, 0.15) is 0 Å². The summed E-state index contributed by atoms with van der Waals surface area (Å²) in [6.07, 6.45) is 2.49. The van der Waals surface area contributed by atoms with Gasteiger partial charge in [-0.2, -0.15) is 0 Å². The van der Waals surface area contributed by atoms with Crippen molar-refractivity contribution >= 4 is 28.9 Å². The van der Waals surface area contributed by atoms with Crippen LogP contribution in [-0.4, -0.2) is 38.1 Å². The van der Waals surface area contributed by atoms with Crippen LogP contribution >= 0.6 is 23.2 Å². The lowest BCUT2D eigenvalue weighted by Crippen LogP contribution is -2.38. The van der Waals surface area contributed by atoms with E-state index >= 15 is 0 Å². The van der Waals surface area contributed by atoms with Crippen molar-refractivity contribution in [2.24, 2.45) is 0 Å². The quantitative estimate of drug-likeness (QED) is 0.781. The van der Waals surface area contributed by atoms with Crippen LogP contribution in [0.3, 0.4) is 0 Å². The molecule has 0 N–H and O–H groups in total. The molecule has 0 bridgehead atoms. The molecule has 0 aliphatic carbocycles. The van der Waals surface area contributed by atoms with Gasteiger partial charge in [-0.3, -0.25) is 0 Å². The molecule has 0 radical (unpaired) electrons. The maximum absolute atomic E-state index is 6.24. The molecule has 2 rings (SSSR count). The van der Waals surface area contributed by atoms with Gasteiger partial charge in [0, 0.05) is 35.4 Å². The number of hydrogen-bond donors (Lipinski definition) is 0. The molecule has 1 aromatic rings. The van der Waals surface area contributed by atoms with E-state index in [-0.39, 0.29) is 0 Å². The summed E-state index contributed by atoms with van der Waals surface area (Å²) in [5, 5.41) is 0.776. The number of benzene rings is 1. The predicted molar refractivity (Wildman–Crippen MR) is 79.9 cm³/mol. The predicted octanol–water partition coefficient (Wildman–Crippen LogP) is 3.61. The fourth-order valence-electron chi connectivity index (χ4n) is 2.71. The minimum absolute atomic E-state index is 0.472. The molecule has 1 fully saturated rings. The Balaban J connectivity index is 2.27. The molecule has 1 aliphatic heterocycles. The van der Waals surface area contributed by atoms with Crippen molar-refractivity contribution in [2.75, 3.05) is 32.1 Å². The van der Waals surface area contributed by atoms with Gasteiger partial charge >= 0.3 is 0 Å². The van der Waals surface area contributed by atoms with E-state index in [1.807, 2.05) is 12.1 Å². The van der Waals surface area contributed by atoms with E-state index in [9.17, 15) is 0 Å². The van der Waals surface area contributed by atoms with Crippen LogP contribution < -0.4 is 4.90 Å². The summed E-state index contributed by atoms with van der Waals surface area (Å²) in [5.74, 6) is 0.472. The first-order chi connectivity index (χ1) is 8.63. The summed E-state index contributed by atoms with van der Waals surface area (Å²) in [4.78, 5) is 4.71. The molecule has 18 heavy (non-hydrogen) atoms. The fraction of sp³-hybridized carbons (Fsp3) is 0.571. The van der Waals surface area contributed by atoms with Gasteiger partial charge < -0.3 is 9.80 Å². The number of anilines is 1. The van der Waals surface area contributed by atoms with Crippen molar-refractivity contribution in [3.63, 3.8) is 0 Å². The minimum atomic E-state index is 0.472. The Kier molecular flexibility index (Phi) is 4.77. The Labute approximate surface area is 119 Å². The van der Waals surface area contributed by atoms with Crippen LogP contribution in [0.15, 0.2) is 18.2 Å². The highest BCUT2D eigenvalue weighted by Gasteiger charge is 2.27. The molecule has 0 amide bonds. The Morgan fingerprint density at radius 2 is 2.17 bits per heavy atom. The summed E-state index contributed by atoms with van der Waals surface area (Å²) in [6, 6.07) is 6.64. The van der Waals surface area contributed by atoms with Crippen molar-refractivity contribution in [3.05, 3.63) is 28.8 Å². The molecule has 1 atom stereocenters. The van der Waals surface area contributed by atoms with Gasteiger partial charge in [-0.1, -0.05) is 17.7 Å². The van der Waals surface area contributed by atoms with E-state index in [1.54, 1.807) is 0 Å². The van der Waals surface area contributed by atoms with Gasteiger partial charge in [0.05, 0.1) is 5.88 Å². The van der Waals surface area contributed by atoms with Crippen LogP contribution in [0.5, 0.6) is 0 Å². The summed E-state index contributed by atoms with van der Waals surface area (Å²) in [7, 11) is 4.24. The first-order valence-electron chi connectivity index (χ1n) is 6.38. The molecule has 1 unspecified atom stereocenters. The molecular formula is C14H20Cl2N2. The normalized spacial score (nSPS) is 19.8. The smallest absolute Gasteiger partial charge is 0.0509 e. The number of likely N-dealkylation sites (N-methyl/N-ethyl adjacent to an activating group) is 1. The van der Waals surface area contributed by atoms with Gasteiger partial charge in [-0.25, -0.2) is 0 Å². The largest absolute Gasteiger partial charge is 0.367 e. The lowest BCUT2D eigenvalue weighted by atomic mass is 10.1. The van der Waals surface area contributed by atoms with Crippen molar-refractivity contribution in [3.8, 4) is 0 Å². The SMILES string of the molecule is CN(C)CC1CCCN1c1cccc(Cl)c1CCl. The number of nitrogens with zero attached hydrogens (tertiary/aromatic N) is 2. The van der Waals surface area contributed by atoms with Crippen LogP contribution in [0.2, 0.25) is 5.02 Å². The zero-order chi connectivity index (χ0) is 13.1. The van der Waals surface area contributed by atoms with Crippen LogP contribution in [0.25, 0.3) is 0 Å². The Bertz CT molecular complexity index is 407. The van der Waals surface area contributed by atoms with E-state index in [1.165, 1.54) is 18.5 Å². The highest BCUT2D eigenvalue weighted by Crippen LogP contribution is 2.33. The van der Waals surface area contributed by atoms with E-state index in [0.717, 1.165) is 23.7 Å². The van der Waals surface area contributed by atoms with Gasteiger partial charge in [-0.15, -0.1) is 11.6 Å². The zero-order valence-corrected chi connectivity index (χ0v) is 12.5. The zero-order valence-electron chi connectivity index (χ0n) is 11.0. The van der Waals surface area contributed by atoms with Crippen molar-refractivity contribution in [2.45, 2.75) is 24.8 Å².